The Morgan fingerprint density at radius 2 is 2.06 bits per heavy atom. The molecule has 1 rings (SSSR count). The molecule has 0 N–H and O–H groups in total. The summed E-state index contributed by atoms with van der Waals surface area (Å²) in [6.45, 7) is 12.5. The molecule has 1 aliphatic rings. The average Bonchev–Trinajstić information content (AvgIpc) is 2.29. The lowest BCUT2D eigenvalue weighted by Crippen LogP contribution is -2.00. The Kier molecular flexibility index (Phi) is 4.54. The predicted octanol–water partition coefficient (Wildman–Crippen LogP) is 5.12. The highest BCUT2D eigenvalue weighted by Crippen LogP contribution is 2.32. The van der Waals surface area contributed by atoms with Crippen LogP contribution < -0.4 is 0 Å². The van der Waals surface area contributed by atoms with E-state index in [1.54, 1.807) is 0 Å². The lowest BCUT2D eigenvalue weighted by molar-refractivity contribution is 0.930. The maximum atomic E-state index is 3.87. The monoisotopic (exact) mass is 214 g/mol. The summed E-state index contributed by atoms with van der Waals surface area (Å²) < 4.78 is 0. The van der Waals surface area contributed by atoms with Crippen LogP contribution >= 0.6 is 0 Å². The SMILES string of the molecule is C=C/C(C)=C(\C=C/C)C1=C(C)C(C)=CCC1. The summed E-state index contributed by atoms with van der Waals surface area (Å²) in [4.78, 5) is 0. The van der Waals surface area contributed by atoms with Gasteiger partial charge in [-0.1, -0.05) is 36.5 Å². The van der Waals surface area contributed by atoms with Crippen molar-refractivity contribution in [3.8, 4) is 0 Å². The van der Waals surface area contributed by atoms with E-state index in [1.807, 2.05) is 6.08 Å². The molecule has 0 heteroatoms. The van der Waals surface area contributed by atoms with E-state index < -0.39 is 0 Å². The first-order valence-corrected chi connectivity index (χ1v) is 5.95. The van der Waals surface area contributed by atoms with Gasteiger partial charge < -0.3 is 0 Å². The topological polar surface area (TPSA) is 0 Å². The van der Waals surface area contributed by atoms with Crippen molar-refractivity contribution < 1.29 is 0 Å². The molecule has 0 nitrogen and oxygen atoms in total. The van der Waals surface area contributed by atoms with Gasteiger partial charge in [-0.25, -0.2) is 0 Å². The van der Waals surface area contributed by atoms with Crippen LogP contribution in [0.5, 0.6) is 0 Å². The maximum Gasteiger partial charge on any atom is -0.0196 e. The van der Waals surface area contributed by atoms with Gasteiger partial charge in [-0.2, -0.15) is 0 Å². The molecule has 0 aromatic heterocycles. The summed E-state index contributed by atoms with van der Waals surface area (Å²) in [5.41, 5.74) is 6.95. The first kappa shape index (κ1) is 12.8. The van der Waals surface area contributed by atoms with Crippen molar-refractivity contribution in [1.29, 1.82) is 0 Å². The summed E-state index contributed by atoms with van der Waals surface area (Å²) in [7, 11) is 0. The van der Waals surface area contributed by atoms with Crippen LogP contribution in [-0.2, 0) is 0 Å². The molecule has 0 spiro atoms. The lowest BCUT2D eigenvalue weighted by atomic mass is 9.86. The van der Waals surface area contributed by atoms with Crippen molar-refractivity contribution in [3.05, 3.63) is 58.7 Å². The quantitative estimate of drug-likeness (QED) is 0.572. The normalized spacial score (nSPS) is 18.6. The molecule has 16 heavy (non-hydrogen) atoms. The van der Waals surface area contributed by atoms with Gasteiger partial charge in [0.2, 0.25) is 0 Å². The second-order valence-corrected chi connectivity index (χ2v) is 4.33. The zero-order valence-corrected chi connectivity index (χ0v) is 10.9. The maximum absolute atomic E-state index is 3.87. The predicted molar refractivity (Wildman–Crippen MR) is 73.4 cm³/mol. The Hall–Kier alpha value is -1.30. The third-order valence-corrected chi connectivity index (χ3v) is 3.28. The molecular formula is C16H22. The average molecular weight is 214 g/mol. The van der Waals surface area contributed by atoms with E-state index >= 15 is 0 Å². The molecular weight excluding hydrogens is 192 g/mol. The summed E-state index contributed by atoms with van der Waals surface area (Å²) in [6, 6.07) is 0. The highest BCUT2D eigenvalue weighted by molar-refractivity contribution is 5.53. The molecule has 0 fully saturated rings. The van der Waals surface area contributed by atoms with Crippen LogP contribution in [0.15, 0.2) is 58.7 Å². The molecule has 0 aromatic carbocycles. The third kappa shape index (κ3) is 2.63. The van der Waals surface area contributed by atoms with Crippen molar-refractivity contribution in [2.24, 2.45) is 0 Å². The van der Waals surface area contributed by atoms with Crippen LogP contribution in [0, 0.1) is 0 Å². The molecule has 0 atom stereocenters. The van der Waals surface area contributed by atoms with Crippen LogP contribution in [0.3, 0.4) is 0 Å². The standard InChI is InChI=1S/C16H22/c1-6-9-15(12(3)7-2)16-11-8-10-13(4)14(16)5/h6-7,9-10H,2,8,11H2,1,3-5H3/b9-6-,15-12+. The molecule has 1 aliphatic carbocycles. The van der Waals surface area contributed by atoms with Crippen molar-refractivity contribution in [2.45, 2.75) is 40.5 Å². The molecule has 86 valence electrons. The Bertz CT molecular complexity index is 398. The van der Waals surface area contributed by atoms with Gasteiger partial charge in [0, 0.05) is 0 Å². The van der Waals surface area contributed by atoms with E-state index in [4.69, 9.17) is 0 Å². The molecule has 0 saturated heterocycles. The number of hydrogen-bond acceptors (Lipinski definition) is 0. The molecule has 0 saturated carbocycles. The molecule has 0 aliphatic heterocycles. The van der Waals surface area contributed by atoms with Crippen LogP contribution in [0.2, 0.25) is 0 Å². The fourth-order valence-corrected chi connectivity index (χ4v) is 2.09. The summed E-state index contributed by atoms with van der Waals surface area (Å²) in [5.74, 6) is 0. The Morgan fingerprint density at radius 3 is 2.62 bits per heavy atom. The minimum absolute atomic E-state index is 1.15. The fraction of sp³-hybridized carbons (Fsp3) is 0.375. The summed E-state index contributed by atoms with van der Waals surface area (Å²) in [5, 5.41) is 0. The zero-order chi connectivity index (χ0) is 12.1. The van der Waals surface area contributed by atoms with Gasteiger partial charge >= 0.3 is 0 Å². The van der Waals surface area contributed by atoms with Crippen molar-refractivity contribution >= 4 is 0 Å². The minimum atomic E-state index is 1.15. The van der Waals surface area contributed by atoms with Gasteiger partial charge in [0.05, 0.1) is 0 Å². The minimum Gasteiger partial charge on any atom is -0.0988 e. The number of hydrogen-bond donors (Lipinski definition) is 0. The zero-order valence-electron chi connectivity index (χ0n) is 10.9. The highest BCUT2D eigenvalue weighted by Gasteiger charge is 2.12. The van der Waals surface area contributed by atoms with Crippen molar-refractivity contribution in [2.75, 3.05) is 0 Å². The van der Waals surface area contributed by atoms with Gasteiger partial charge in [0.15, 0.2) is 0 Å². The molecule has 0 radical (unpaired) electrons. The largest absolute Gasteiger partial charge is 0.0988 e. The summed E-state index contributed by atoms with van der Waals surface area (Å²) in [6.07, 6.45) is 10.9. The van der Waals surface area contributed by atoms with E-state index in [0.29, 0.717) is 0 Å². The molecule has 0 heterocycles. The first-order valence-electron chi connectivity index (χ1n) is 5.95. The van der Waals surface area contributed by atoms with Gasteiger partial charge in [-0.05, 0) is 62.8 Å². The molecule has 0 bridgehead atoms. The van der Waals surface area contributed by atoms with Crippen LogP contribution in [-0.4, -0.2) is 0 Å². The second-order valence-electron chi connectivity index (χ2n) is 4.33. The molecule has 0 amide bonds. The Morgan fingerprint density at radius 1 is 1.38 bits per heavy atom. The third-order valence-electron chi connectivity index (χ3n) is 3.28. The van der Waals surface area contributed by atoms with Gasteiger partial charge in [-0.3, -0.25) is 0 Å². The van der Waals surface area contributed by atoms with Gasteiger partial charge in [0.25, 0.3) is 0 Å². The van der Waals surface area contributed by atoms with E-state index in [-0.39, 0.29) is 0 Å². The van der Waals surface area contributed by atoms with Crippen LogP contribution in [0.25, 0.3) is 0 Å². The van der Waals surface area contributed by atoms with E-state index in [2.05, 4.69) is 52.5 Å². The van der Waals surface area contributed by atoms with E-state index in [1.165, 1.54) is 27.9 Å². The Labute approximate surface area is 99.8 Å². The van der Waals surface area contributed by atoms with Gasteiger partial charge in [-0.15, -0.1) is 0 Å². The van der Waals surface area contributed by atoms with E-state index in [0.717, 1.165) is 12.8 Å². The molecule has 0 unspecified atom stereocenters. The van der Waals surface area contributed by atoms with Gasteiger partial charge in [0.1, 0.15) is 0 Å². The number of rotatable bonds is 3. The smallest absolute Gasteiger partial charge is 0.0196 e. The van der Waals surface area contributed by atoms with Crippen molar-refractivity contribution in [3.63, 3.8) is 0 Å². The first-order chi connectivity index (χ1) is 7.61. The Balaban J connectivity index is 3.30. The van der Waals surface area contributed by atoms with E-state index in [9.17, 15) is 0 Å². The fourth-order valence-electron chi connectivity index (χ4n) is 2.09. The second kappa shape index (κ2) is 5.69. The van der Waals surface area contributed by atoms with Crippen LogP contribution in [0.1, 0.15) is 40.5 Å². The highest BCUT2D eigenvalue weighted by atomic mass is 14.2. The van der Waals surface area contributed by atoms with Crippen LogP contribution in [0.4, 0.5) is 0 Å². The van der Waals surface area contributed by atoms with Crippen molar-refractivity contribution in [1.82, 2.24) is 0 Å². The lowest BCUT2D eigenvalue weighted by Gasteiger charge is -2.19. The molecule has 0 aromatic rings. The number of allylic oxidation sites excluding steroid dienone is 9. The summed E-state index contributed by atoms with van der Waals surface area (Å²) >= 11 is 0.